The van der Waals surface area contributed by atoms with Crippen molar-refractivity contribution in [3.63, 3.8) is 0 Å². The molecule has 0 aliphatic rings. The zero-order chi connectivity index (χ0) is 14.0. The standard InChI is InChI=1S/C10H7BrN2O4S2/c11-7-3-5-18-10(7)19(16,17)13-8-6(9(14)15)2-1-4-12-8/h1-5H,(H,12,13)(H,14,15). The lowest BCUT2D eigenvalue weighted by atomic mass is 10.3. The van der Waals surface area contributed by atoms with E-state index >= 15 is 0 Å². The van der Waals surface area contributed by atoms with Gasteiger partial charge in [-0.3, -0.25) is 4.72 Å². The van der Waals surface area contributed by atoms with Gasteiger partial charge in [-0.25, -0.2) is 18.2 Å². The van der Waals surface area contributed by atoms with E-state index < -0.39 is 16.0 Å². The molecular formula is C10H7BrN2O4S2. The number of pyridine rings is 1. The number of carboxylic acids is 1. The second-order valence-corrected chi connectivity index (χ2v) is 7.01. The van der Waals surface area contributed by atoms with Crippen LogP contribution in [0.15, 0.2) is 38.5 Å². The van der Waals surface area contributed by atoms with Gasteiger partial charge in [0.1, 0.15) is 5.56 Å². The van der Waals surface area contributed by atoms with E-state index in [1.807, 2.05) is 0 Å². The molecule has 100 valence electrons. The molecule has 2 aromatic heterocycles. The zero-order valence-corrected chi connectivity index (χ0v) is 12.4. The van der Waals surface area contributed by atoms with Gasteiger partial charge in [0.25, 0.3) is 10.0 Å². The Morgan fingerprint density at radius 2 is 2.16 bits per heavy atom. The molecule has 19 heavy (non-hydrogen) atoms. The molecular weight excluding hydrogens is 356 g/mol. The summed E-state index contributed by atoms with van der Waals surface area (Å²) >= 11 is 4.13. The summed E-state index contributed by atoms with van der Waals surface area (Å²) < 4.78 is 26.8. The first-order valence-electron chi connectivity index (χ1n) is 4.86. The van der Waals surface area contributed by atoms with Crippen LogP contribution < -0.4 is 4.72 Å². The van der Waals surface area contributed by atoms with Gasteiger partial charge < -0.3 is 5.11 Å². The third-order valence-electron chi connectivity index (χ3n) is 2.10. The van der Waals surface area contributed by atoms with Gasteiger partial charge in [0.05, 0.1) is 0 Å². The quantitative estimate of drug-likeness (QED) is 0.870. The molecule has 2 N–H and O–H groups in total. The molecule has 0 saturated heterocycles. The summed E-state index contributed by atoms with van der Waals surface area (Å²) in [6.45, 7) is 0. The fourth-order valence-electron chi connectivity index (χ4n) is 1.30. The molecule has 0 amide bonds. The lowest BCUT2D eigenvalue weighted by Gasteiger charge is -2.08. The molecule has 0 aliphatic heterocycles. The lowest BCUT2D eigenvalue weighted by molar-refractivity contribution is 0.0697. The summed E-state index contributed by atoms with van der Waals surface area (Å²) in [5.74, 6) is -1.47. The Kier molecular flexibility index (Phi) is 3.88. The second kappa shape index (κ2) is 5.27. The van der Waals surface area contributed by atoms with Crippen molar-refractivity contribution in [2.75, 3.05) is 4.72 Å². The van der Waals surface area contributed by atoms with Gasteiger partial charge >= 0.3 is 5.97 Å². The van der Waals surface area contributed by atoms with Crippen molar-refractivity contribution in [3.05, 3.63) is 39.8 Å². The Balaban J connectivity index is 2.42. The van der Waals surface area contributed by atoms with Gasteiger partial charge in [-0.1, -0.05) is 0 Å². The summed E-state index contributed by atoms with van der Waals surface area (Å²) in [7, 11) is -3.86. The minimum Gasteiger partial charge on any atom is -0.478 e. The minimum atomic E-state index is -3.86. The number of thiophene rings is 1. The molecule has 2 rings (SSSR count). The molecule has 0 saturated carbocycles. The van der Waals surface area contributed by atoms with E-state index in [1.165, 1.54) is 18.3 Å². The average Bonchev–Trinajstić information content (AvgIpc) is 2.76. The molecule has 2 aromatic rings. The van der Waals surface area contributed by atoms with Crippen LogP contribution in [0.4, 0.5) is 5.82 Å². The first kappa shape index (κ1) is 14.0. The van der Waals surface area contributed by atoms with Crippen LogP contribution in [0.5, 0.6) is 0 Å². The van der Waals surface area contributed by atoms with Gasteiger partial charge in [-0.15, -0.1) is 11.3 Å². The van der Waals surface area contributed by atoms with Gasteiger partial charge in [-0.2, -0.15) is 0 Å². The molecule has 0 fully saturated rings. The van der Waals surface area contributed by atoms with Gasteiger partial charge in [0.2, 0.25) is 0 Å². The second-order valence-electron chi connectivity index (χ2n) is 3.37. The van der Waals surface area contributed by atoms with Crippen LogP contribution in [0.2, 0.25) is 0 Å². The number of carboxylic acid groups (broad SMARTS) is 1. The number of sulfonamides is 1. The number of aromatic nitrogens is 1. The van der Waals surface area contributed by atoms with Gasteiger partial charge in [0, 0.05) is 10.7 Å². The number of halogens is 1. The van der Waals surface area contributed by atoms with Gasteiger partial charge in [0.15, 0.2) is 10.0 Å². The van der Waals surface area contributed by atoms with E-state index in [9.17, 15) is 13.2 Å². The van der Waals surface area contributed by atoms with Crippen LogP contribution >= 0.6 is 27.3 Å². The molecule has 0 atom stereocenters. The Bertz CT molecular complexity index is 727. The van der Waals surface area contributed by atoms with Crippen molar-refractivity contribution in [3.8, 4) is 0 Å². The molecule has 9 heteroatoms. The van der Waals surface area contributed by atoms with E-state index in [1.54, 1.807) is 11.4 Å². The normalized spacial score (nSPS) is 11.2. The van der Waals surface area contributed by atoms with Crippen molar-refractivity contribution < 1.29 is 18.3 Å². The number of nitrogens with zero attached hydrogens (tertiary/aromatic N) is 1. The third kappa shape index (κ3) is 2.94. The predicted octanol–water partition coefficient (Wildman–Crippen LogP) is 2.40. The number of aromatic carboxylic acids is 1. The fourth-order valence-corrected chi connectivity index (χ4v) is 4.67. The summed E-state index contributed by atoms with van der Waals surface area (Å²) in [6.07, 6.45) is 1.31. The number of rotatable bonds is 4. The maximum absolute atomic E-state index is 12.1. The highest BCUT2D eigenvalue weighted by Crippen LogP contribution is 2.29. The number of anilines is 1. The summed E-state index contributed by atoms with van der Waals surface area (Å²) in [5.41, 5.74) is -0.209. The average molecular weight is 363 g/mol. The number of nitrogens with one attached hydrogen (secondary N) is 1. The Hall–Kier alpha value is -1.45. The van der Waals surface area contributed by atoms with Crippen molar-refractivity contribution >= 4 is 49.1 Å². The van der Waals surface area contributed by atoms with E-state index in [0.717, 1.165) is 11.3 Å². The molecule has 6 nitrogen and oxygen atoms in total. The SMILES string of the molecule is O=C(O)c1cccnc1NS(=O)(=O)c1sccc1Br. The van der Waals surface area contributed by atoms with Crippen molar-refractivity contribution in [2.45, 2.75) is 4.21 Å². The fraction of sp³-hybridized carbons (Fsp3) is 0. The highest BCUT2D eigenvalue weighted by atomic mass is 79.9. The van der Waals surface area contributed by atoms with Crippen LogP contribution in [0, 0.1) is 0 Å². The maximum atomic E-state index is 12.1. The number of carbonyl (C=O) groups is 1. The molecule has 0 spiro atoms. The third-order valence-corrected chi connectivity index (χ3v) is 6.11. The first-order chi connectivity index (χ1) is 8.92. The monoisotopic (exact) mass is 362 g/mol. The first-order valence-corrected chi connectivity index (χ1v) is 8.01. The lowest BCUT2D eigenvalue weighted by Crippen LogP contribution is -2.16. The van der Waals surface area contributed by atoms with Crippen LogP contribution in [0.3, 0.4) is 0 Å². The molecule has 0 aromatic carbocycles. The Morgan fingerprint density at radius 1 is 1.42 bits per heavy atom. The van der Waals surface area contributed by atoms with Gasteiger partial charge in [-0.05, 0) is 39.5 Å². The van der Waals surface area contributed by atoms with Crippen LogP contribution in [0.1, 0.15) is 10.4 Å². The molecule has 0 unspecified atom stereocenters. The van der Waals surface area contributed by atoms with Crippen molar-refractivity contribution in [1.29, 1.82) is 0 Å². The van der Waals surface area contributed by atoms with Crippen molar-refractivity contribution in [1.82, 2.24) is 4.98 Å². The van der Waals surface area contributed by atoms with E-state index in [0.29, 0.717) is 4.47 Å². The van der Waals surface area contributed by atoms with Crippen molar-refractivity contribution in [2.24, 2.45) is 0 Å². The Labute approximate surface area is 121 Å². The van der Waals surface area contributed by atoms with Crippen LogP contribution in [0.25, 0.3) is 0 Å². The highest BCUT2D eigenvalue weighted by molar-refractivity contribution is 9.10. The Morgan fingerprint density at radius 3 is 2.74 bits per heavy atom. The largest absolute Gasteiger partial charge is 0.478 e. The summed E-state index contributed by atoms with van der Waals surface area (Å²) in [4.78, 5) is 14.7. The molecule has 0 aliphatic carbocycles. The summed E-state index contributed by atoms with van der Waals surface area (Å²) in [6, 6.07) is 4.29. The van der Waals surface area contributed by atoms with Crippen LogP contribution in [-0.4, -0.2) is 24.5 Å². The van der Waals surface area contributed by atoms with E-state index in [2.05, 4.69) is 25.6 Å². The predicted molar refractivity (Wildman–Crippen MR) is 74.0 cm³/mol. The zero-order valence-electron chi connectivity index (χ0n) is 9.20. The van der Waals surface area contributed by atoms with E-state index in [-0.39, 0.29) is 15.6 Å². The summed E-state index contributed by atoms with van der Waals surface area (Å²) in [5, 5.41) is 10.6. The molecule has 0 radical (unpaired) electrons. The molecule has 2 heterocycles. The highest BCUT2D eigenvalue weighted by Gasteiger charge is 2.22. The van der Waals surface area contributed by atoms with E-state index in [4.69, 9.17) is 5.11 Å². The number of hydrogen-bond donors (Lipinski definition) is 2. The topological polar surface area (TPSA) is 96.4 Å². The number of hydrogen-bond acceptors (Lipinski definition) is 5. The van der Waals surface area contributed by atoms with Crippen LogP contribution in [-0.2, 0) is 10.0 Å². The smallest absolute Gasteiger partial charge is 0.339 e. The molecule has 0 bridgehead atoms. The minimum absolute atomic E-state index is 0.0643. The maximum Gasteiger partial charge on any atom is 0.339 e.